The minimum atomic E-state index is 0.349. The van der Waals surface area contributed by atoms with Crippen molar-refractivity contribution >= 4 is 17.4 Å². The van der Waals surface area contributed by atoms with Gasteiger partial charge in [0.15, 0.2) is 0 Å². The van der Waals surface area contributed by atoms with Crippen molar-refractivity contribution < 1.29 is 9.15 Å². The highest BCUT2D eigenvalue weighted by Gasteiger charge is 2.05. The lowest BCUT2D eigenvalue weighted by Gasteiger charge is -1.96. The van der Waals surface area contributed by atoms with Crippen molar-refractivity contribution in [3.63, 3.8) is 0 Å². The topological polar surface area (TPSA) is 73.1 Å². The van der Waals surface area contributed by atoms with E-state index in [0.29, 0.717) is 31.7 Å². The van der Waals surface area contributed by atoms with Gasteiger partial charge in [0.2, 0.25) is 5.89 Å². The van der Waals surface area contributed by atoms with E-state index in [-0.39, 0.29) is 0 Å². The van der Waals surface area contributed by atoms with Crippen LogP contribution in [0.25, 0.3) is 0 Å². The first-order valence-corrected chi connectivity index (χ1v) is 5.84. The van der Waals surface area contributed by atoms with Gasteiger partial charge in [-0.15, -0.1) is 16.4 Å². The highest BCUT2D eigenvalue weighted by molar-refractivity contribution is 7.07. The summed E-state index contributed by atoms with van der Waals surface area (Å²) >= 11 is 1.55. The molecule has 0 fully saturated rings. The number of nitrogens with one attached hydrogen (secondary N) is 1. The van der Waals surface area contributed by atoms with Crippen LogP contribution in [0.5, 0.6) is 0 Å². The molecule has 0 atom stereocenters. The third-order valence-corrected chi connectivity index (χ3v) is 2.44. The van der Waals surface area contributed by atoms with Crippen LogP contribution < -0.4 is 5.32 Å². The van der Waals surface area contributed by atoms with Crippen LogP contribution in [0.3, 0.4) is 0 Å². The molecule has 0 amide bonds. The maximum atomic E-state index is 5.30. The van der Waals surface area contributed by atoms with E-state index in [1.807, 2.05) is 12.3 Å². The van der Waals surface area contributed by atoms with Crippen molar-refractivity contribution in [2.75, 3.05) is 11.9 Å². The normalized spacial score (nSPS) is 10.6. The summed E-state index contributed by atoms with van der Waals surface area (Å²) in [7, 11) is 0. The first-order valence-electron chi connectivity index (χ1n) is 4.89. The van der Waals surface area contributed by atoms with Crippen LogP contribution in [0, 0.1) is 0 Å². The van der Waals surface area contributed by atoms with Gasteiger partial charge in [0.05, 0.1) is 17.7 Å². The molecule has 0 spiro atoms. The molecule has 0 aromatic carbocycles. The maximum absolute atomic E-state index is 5.30. The van der Waals surface area contributed by atoms with Gasteiger partial charge in [-0.25, -0.2) is 4.98 Å². The molecule has 0 aliphatic heterocycles. The Bertz CT molecular complexity index is 415. The van der Waals surface area contributed by atoms with Gasteiger partial charge >= 0.3 is 6.01 Å². The van der Waals surface area contributed by atoms with Gasteiger partial charge in [-0.2, -0.15) is 0 Å². The van der Waals surface area contributed by atoms with Crippen LogP contribution in [0.1, 0.15) is 18.5 Å². The van der Waals surface area contributed by atoms with E-state index >= 15 is 0 Å². The molecular formula is C9H12N4O2S. The lowest BCUT2D eigenvalue weighted by Crippen LogP contribution is -1.99. The molecule has 2 aromatic heterocycles. The van der Waals surface area contributed by atoms with Gasteiger partial charge in [-0.05, 0) is 6.92 Å². The Kier molecular flexibility index (Phi) is 3.84. The summed E-state index contributed by atoms with van der Waals surface area (Å²) in [5, 5.41) is 12.6. The van der Waals surface area contributed by atoms with Crippen LogP contribution in [0.4, 0.5) is 6.01 Å². The molecule has 6 nitrogen and oxygen atoms in total. The number of thiazole rings is 1. The molecule has 0 aliphatic carbocycles. The highest BCUT2D eigenvalue weighted by Crippen LogP contribution is 2.08. The molecule has 0 saturated heterocycles. The minimum absolute atomic E-state index is 0.349. The van der Waals surface area contributed by atoms with Crippen LogP contribution >= 0.6 is 11.3 Å². The van der Waals surface area contributed by atoms with E-state index in [0.717, 1.165) is 5.69 Å². The molecule has 16 heavy (non-hydrogen) atoms. The summed E-state index contributed by atoms with van der Waals surface area (Å²) in [6.45, 7) is 3.48. The number of hydrogen-bond donors (Lipinski definition) is 1. The highest BCUT2D eigenvalue weighted by atomic mass is 32.1. The van der Waals surface area contributed by atoms with E-state index in [2.05, 4.69) is 20.5 Å². The Morgan fingerprint density at radius 2 is 2.44 bits per heavy atom. The number of aromatic nitrogens is 3. The molecule has 1 N–H and O–H groups in total. The summed E-state index contributed by atoms with van der Waals surface area (Å²) < 4.78 is 10.4. The largest absolute Gasteiger partial charge is 0.406 e. The first kappa shape index (κ1) is 11.0. The second kappa shape index (κ2) is 5.57. The van der Waals surface area contributed by atoms with Crippen molar-refractivity contribution in [1.82, 2.24) is 15.2 Å². The first-order chi connectivity index (χ1) is 7.88. The average molecular weight is 240 g/mol. The van der Waals surface area contributed by atoms with Crippen LogP contribution in [0.15, 0.2) is 15.3 Å². The third kappa shape index (κ3) is 3.01. The molecule has 0 bridgehead atoms. The predicted molar refractivity (Wildman–Crippen MR) is 59.1 cm³/mol. The third-order valence-electron chi connectivity index (χ3n) is 1.80. The molecule has 0 saturated carbocycles. The lowest BCUT2D eigenvalue weighted by molar-refractivity contribution is 0.115. The molecule has 86 valence electrons. The van der Waals surface area contributed by atoms with E-state index in [9.17, 15) is 0 Å². The quantitative estimate of drug-likeness (QED) is 0.828. The smallest absolute Gasteiger partial charge is 0.315 e. The van der Waals surface area contributed by atoms with Crippen LogP contribution in [-0.4, -0.2) is 21.8 Å². The van der Waals surface area contributed by atoms with Crippen molar-refractivity contribution in [2.24, 2.45) is 0 Å². The zero-order chi connectivity index (χ0) is 11.2. The molecule has 0 aliphatic rings. The Morgan fingerprint density at radius 1 is 1.50 bits per heavy atom. The van der Waals surface area contributed by atoms with Crippen molar-refractivity contribution in [3.8, 4) is 0 Å². The van der Waals surface area contributed by atoms with Crippen LogP contribution in [-0.2, 0) is 17.9 Å². The van der Waals surface area contributed by atoms with E-state index in [4.69, 9.17) is 9.15 Å². The molecule has 2 heterocycles. The average Bonchev–Trinajstić information content (AvgIpc) is 2.95. The molecule has 0 radical (unpaired) electrons. The Labute approximate surface area is 96.7 Å². The van der Waals surface area contributed by atoms with Gasteiger partial charge in [0, 0.05) is 12.0 Å². The molecule has 2 rings (SSSR count). The van der Waals surface area contributed by atoms with E-state index in [1.54, 1.807) is 16.8 Å². The zero-order valence-corrected chi connectivity index (χ0v) is 9.66. The summed E-state index contributed by atoms with van der Waals surface area (Å²) in [6.07, 6.45) is 0. The van der Waals surface area contributed by atoms with Gasteiger partial charge in [-0.1, -0.05) is 5.10 Å². The fourth-order valence-electron chi connectivity index (χ4n) is 1.06. The van der Waals surface area contributed by atoms with E-state index in [1.165, 1.54) is 0 Å². The number of hydrogen-bond acceptors (Lipinski definition) is 7. The van der Waals surface area contributed by atoms with Crippen LogP contribution in [0.2, 0.25) is 0 Å². The number of nitrogens with zero attached hydrogens (tertiary/aromatic N) is 3. The molecule has 0 unspecified atom stereocenters. The van der Waals surface area contributed by atoms with E-state index < -0.39 is 0 Å². The van der Waals surface area contributed by atoms with Gasteiger partial charge < -0.3 is 14.5 Å². The summed E-state index contributed by atoms with van der Waals surface area (Å²) in [5.41, 5.74) is 2.74. The molecule has 2 aromatic rings. The Hall–Kier alpha value is -1.47. The minimum Gasteiger partial charge on any atom is -0.406 e. The molecule has 7 heteroatoms. The fraction of sp³-hybridized carbons (Fsp3) is 0.444. The number of anilines is 1. The Balaban J connectivity index is 1.83. The van der Waals surface area contributed by atoms with Crippen molar-refractivity contribution in [3.05, 3.63) is 22.5 Å². The number of ether oxygens (including phenoxy) is 1. The van der Waals surface area contributed by atoms with Gasteiger partial charge in [-0.3, -0.25) is 0 Å². The second-order valence-corrected chi connectivity index (χ2v) is 3.69. The van der Waals surface area contributed by atoms with Gasteiger partial charge in [0.1, 0.15) is 6.61 Å². The fourth-order valence-corrected chi connectivity index (χ4v) is 1.62. The van der Waals surface area contributed by atoms with Gasteiger partial charge in [0.25, 0.3) is 0 Å². The summed E-state index contributed by atoms with van der Waals surface area (Å²) in [4.78, 5) is 4.13. The number of rotatable bonds is 6. The summed E-state index contributed by atoms with van der Waals surface area (Å²) in [5.74, 6) is 0.475. The summed E-state index contributed by atoms with van der Waals surface area (Å²) in [6, 6.07) is 0.391. The zero-order valence-electron chi connectivity index (χ0n) is 8.84. The molecular weight excluding hydrogens is 228 g/mol. The monoisotopic (exact) mass is 240 g/mol. The standard InChI is InChI=1S/C9H12N4O2S/c1-2-14-4-8-12-13-9(15-8)10-3-7-5-16-6-11-7/h5-6H,2-4H2,1H3,(H,10,13). The van der Waals surface area contributed by atoms with Crippen molar-refractivity contribution in [2.45, 2.75) is 20.1 Å². The van der Waals surface area contributed by atoms with Crippen molar-refractivity contribution in [1.29, 1.82) is 0 Å². The Morgan fingerprint density at radius 3 is 3.19 bits per heavy atom. The SMILES string of the molecule is CCOCc1nnc(NCc2cscn2)o1. The predicted octanol–water partition coefficient (Wildman–Crippen LogP) is 1.67. The lowest BCUT2D eigenvalue weighted by atomic mass is 10.5. The maximum Gasteiger partial charge on any atom is 0.315 e. The second-order valence-electron chi connectivity index (χ2n) is 2.97.